The quantitative estimate of drug-likeness (QED) is 0.614. The first-order chi connectivity index (χ1) is 4.74. The SMILES string of the molecule is Cc1nc(F)c(CC=O)[nH]1. The molecule has 0 amide bonds. The van der Waals surface area contributed by atoms with Crippen LogP contribution in [0.3, 0.4) is 0 Å². The van der Waals surface area contributed by atoms with Crippen molar-refractivity contribution < 1.29 is 9.18 Å². The van der Waals surface area contributed by atoms with Crippen LogP contribution in [0.1, 0.15) is 11.5 Å². The van der Waals surface area contributed by atoms with Gasteiger partial charge in [0, 0.05) is 6.42 Å². The van der Waals surface area contributed by atoms with Crippen molar-refractivity contribution in [2.45, 2.75) is 13.3 Å². The lowest BCUT2D eigenvalue weighted by molar-refractivity contribution is -0.107. The summed E-state index contributed by atoms with van der Waals surface area (Å²) in [6.45, 7) is 1.64. The summed E-state index contributed by atoms with van der Waals surface area (Å²) in [5.41, 5.74) is 0.257. The van der Waals surface area contributed by atoms with E-state index in [0.717, 1.165) is 0 Å². The van der Waals surface area contributed by atoms with Gasteiger partial charge in [0.2, 0.25) is 5.95 Å². The molecule has 10 heavy (non-hydrogen) atoms. The highest BCUT2D eigenvalue weighted by Crippen LogP contribution is 2.02. The standard InChI is InChI=1S/C6H7FN2O/c1-4-8-5(2-3-10)6(7)9-4/h3H,2H2,1H3,(H,8,9). The molecule has 0 aromatic carbocycles. The largest absolute Gasteiger partial charge is 0.343 e. The molecule has 54 valence electrons. The number of hydrogen-bond donors (Lipinski definition) is 1. The summed E-state index contributed by atoms with van der Waals surface area (Å²) in [6.07, 6.45) is 0.697. The number of nitrogens with zero attached hydrogens (tertiary/aromatic N) is 1. The van der Waals surface area contributed by atoms with Gasteiger partial charge in [-0.05, 0) is 6.92 Å². The Hall–Kier alpha value is -1.19. The van der Waals surface area contributed by atoms with Crippen molar-refractivity contribution in [3.05, 3.63) is 17.5 Å². The Balaban J connectivity index is 2.91. The Morgan fingerprint density at radius 2 is 2.50 bits per heavy atom. The molecule has 0 aliphatic rings. The first-order valence-electron chi connectivity index (χ1n) is 2.88. The van der Waals surface area contributed by atoms with Gasteiger partial charge >= 0.3 is 0 Å². The molecule has 3 nitrogen and oxygen atoms in total. The maximum absolute atomic E-state index is 12.5. The molecule has 0 bridgehead atoms. The van der Waals surface area contributed by atoms with Crippen LogP contribution in [0.2, 0.25) is 0 Å². The van der Waals surface area contributed by atoms with Crippen LogP contribution in [0.25, 0.3) is 0 Å². The molecule has 0 radical (unpaired) electrons. The molecule has 0 spiro atoms. The van der Waals surface area contributed by atoms with Gasteiger partial charge in [0.1, 0.15) is 12.1 Å². The van der Waals surface area contributed by atoms with Crippen molar-refractivity contribution in [3.8, 4) is 0 Å². The molecule has 1 N–H and O–H groups in total. The number of rotatable bonds is 2. The second-order valence-electron chi connectivity index (χ2n) is 1.96. The highest BCUT2D eigenvalue weighted by molar-refractivity contribution is 5.53. The zero-order valence-electron chi connectivity index (χ0n) is 5.52. The van der Waals surface area contributed by atoms with Gasteiger partial charge < -0.3 is 9.78 Å². The minimum absolute atomic E-state index is 0.0622. The average molecular weight is 142 g/mol. The maximum atomic E-state index is 12.5. The third-order valence-corrected chi connectivity index (χ3v) is 1.13. The van der Waals surface area contributed by atoms with Crippen molar-refractivity contribution in [2.75, 3.05) is 0 Å². The van der Waals surface area contributed by atoms with Crippen LogP contribution in [0.5, 0.6) is 0 Å². The molecule has 4 heteroatoms. The molecule has 0 aliphatic heterocycles. The Morgan fingerprint density at radius 1 is 1.80 bits per heavy atom. The Labute approximate surface area is 57.3 Å². The van der Waals surface area contributed by atoms with Gasteiger partial charge in [-0.25, -0.2) is 4.98 Å². The van der Waals surface area contributed by atoms with Crippen molar-refractivity contribution in [2.24, 2.45) is 0 Å². The van der Waals surface area contributed by atoms with Crippen LogP contribution in [-0.4, -0.2) is 16.3 Å². The maximum Gasteiger partial charge on any atom is 0.234 e. The zero-order chi connectivity index (χ0) is 7.56. The Kier molecular flexibility index (Phi) is 1.80. The van der Waals surface area contributed by atoms with E-state index in [4.69, 9.17) is 0 Å². The number of carbonyl (C=O) groups excluding carboxylic acids is 1. The molecule has 1 aromatic rings. The van der Waals surface area contributed by atoms with Crippen molar-refractivity contribution >= 4 is 6.29 Å². The number of nitrogens with one attached hydrogen (secondary N) is 1. The molecule has 0 atom stereocenters. The van der Waals surface area contributed by atoms with E-state index in [1.54, 1.807) is 6.92 Å². The Morgan fingerprint density at radius 3 is 2.90 bits per heavy atom. The van der Waals surface area contributed by atoms with Crippen LogP contribution in [0.4, 0.5) is 4.39 Å². The van der Waals surface area contributed by atoms with Crippen LogP contribution in [0.15, 0.2) is 0 Å². The summed E-state index contributed by atoms with van der Waals surface area (Å²) >= 11 is 0. The summed E-state index contributed by atoms with van der Waals surface area (Å²) in [7, 11) is 0. The monoisotopic (exact) mass is 142 g/mol. The van der Waals surface area contributed by atoms with Crippen molar-refractivity contribution in [3.63, 3.8) is 0 Å². The lowest BCUT2D eigenvalue weighted by Crippen LogP contribution is -1.88. The first-order valence-corrected chi connectivity index (χ1v) is 2.88. The fourth-order valence-corrected chi connectivity index (χ4v) is 0.731. The number of imidazole rings is 1. The van der Waals surface area contributed by atoms with Crippen LogP contribution in [-0.2, 0) is 11.2 Å². The topological polar surface area (TPSA) is 45.8 Å². The van der Waals surface area contributed by atoms with Gasteiger partial charge in [-0.2, -0.15) is 4.39 Å². The fraction of sp³-hybridized carbons (Fsp3) is 0.333. The highest BCUT2D eigenvalue weighted by atomic mass is 19.1. The number of aldehydes is 1. The third-order valence-electron chi connectivity index (χ3n) is 1.13. The van der Waals surface area contributed by atoms with Crippen LogP contribution in [0, 0.1) is 12.9 Å². The minimum atomic E-state index is -0.579. The molecule has 0 unspecified atom stereocenters. The summed E-state index contributed by atoms with van der Waals surface area (Å²) < 4.78 is 12.5. The van der Waals surface area contributed by atoms with E-state index in [2.05, 4.69) is 9.97 Å². The lowest BCUT2D eigenvalue weighted by atomic mass is 10.4. The van der Waals surface area contributed by atoms with Gasteiger partial charge in [-0.15, -0.1) is 0 Å². The number of aromatic amines is 1. The molecule has 0 aliphatic carbocycles. The smallest absolute Gasteiger partial charge is 0.234 e. The number of halogens is 1. The molecular formula is C6H7FN2O. The molecule has 1 rings (SSSR count). The van der Waals surface area contributed by atoms with Gasteiger partial charge in [0.05, 0.1) is 5.69 Å². The average Bonchev–Trinajstić information content (AvgIpc) is 2.13. The number of aryl methyl sites for hydroxylation is 1. The van der Waals surface area contributed by atoms with Gasteiger partial charge in [-0.1, -0.05) is 0 Å². The van der Waals surface area contributed by atoms with E-state index < -0.39 is 5.95 Å². The third kappa shape index (κ3) is 1.21. The molecule has 0 saturated heterocycles. The number of H-pyrrole nitrogens is 1. The molecule has 0 saturated carbocycles. The predicted molar refractivity (Wildman–Crippen MR) is 33.1 cm³/mol. The molecule has 1 heterocycles. The van der Waals surface area contributed by atoms with Crippen LogP contribution >= 0.6 is 0 Å². The Bertz CT molecular complexity index is 244. The lowest BCUT2D eigenvalue weighted by Gasteiger charge is -1.83. The first kappa shape index (κ1) is 6.92. The number of carbonyl (C=O) groups is 1. The highest BCUT2D eigenvalue weighted by Gasteiger charge is 2.04. The van der Waals surface area contributed by atoms with E-state index in [1.165, 1.54) is 0 Å². The van der Waals surface area contributed by atoms with E-state index in [0.29, 0.717) is 12.1 Å². The number of hydrogen-bond acceptors (Lipinski definition) is 2. The summed E-state index contributed by atoms with van der Waals surface area (Å²) in [4.78, 5) is 16.0. The number of aromatic nitrogens is 2. The van der Waals surface area contributed by atoms with Gasteiger partial charge in [0.15, 0.2) is 0 Å². The van der Waals surface area contributed by atoms with E-state index in [1.807, 2.05) is 0 Å². The minimum Gasteiger partial charge on any atom is -0.343 e. The summed E-state index contributed by atoms with van der Waals surface area (Å²) in [6, 6.07) is 0. The van der Waals surface area contributed by atoms with Crippen LogP contribution < -0.4 is 0 Å². The normalized spacial score (nSPS) is 9.80. The predicted octanol–water partition coefficient (Wildman–Crippen LogP) is 0.599. The van der Waals surface area contributed by atoms with Gasteiger partial charge in [-0.3, -0.25) is 0 Å². The molecule has 1 aromatic heterocycles. The molecule has 0 fully saturated rings. The summed E-state index contributed by atoms with van der Waals surface area (Å²) in [5.74, 6) is -0.0843. The summed E-state index contributed by atoms with van der Waals surface area (Å²) in [5, 5.41) is 0. The molecular weight excluding hydrogens is 135 g/mol. The fourth-order valence-electron chi connectivity index (χ4n) is 0.731. The van der Waals surface area contributed by atoms with E-state index >= 15 is 0 Å². The van der Waals surface area contributed by atoms with E-state index in [-0.39, 0.29) is 12.1 Å². The van der Waals surface area contributed by atoms with Crippen molar-refractivity contribution in [1.82, 2.24) is 9.97 Å². The second kappa shape index (κ2) is 2.60. The van der Waals surface area contributed by atoms with Gasteiger partial charge in [0.25, 0.3) is 0 Å². The zero-order valence-corrected chi connectivity index (χ0v) is 5.52. The second-order valence-corrected chi connectivity index (χ2v) is 1.96. The van der Waals surface area contributed by atoms with E-state index in [9.17, 15) is 9.18 Å². The van der Waals surface area contributed by atoms with Crippen molar-refractivity contribution in [1.29, 1.82) is 0 Å².